The molecule has 86 valence electrons. The van der Waals surface area contributed by atoms with Gasteiger partial charge in [-0.2, -0.15) is 4.73 Å². The molecule has 2 aromatic rings. The van der Waals surface area contributed by atoms with Crippen molar-refractivity contribution >= 4 is 11.6 Å². The van der Waals surface area contributed by atoms with Gasteiger partial charge in [0.1, 0.15) is 0 Å². The number of rotatable bonds is 2. The van der Waals surface area contributed by atoms with Crippen LogP contribution in [-0.2, 0) is 0 Å². The molecular formula is C13H12N2O2. The molecule has 1 aromatic carbocycles. The van der Waals surface area contributed by atoms with Crippen LogP contribution in [0, 0.1) is 12.1 Å². The Labute approximate surface area is 99.1 Å². The maximum atomic E-state index is 11.8. The summed E-state index contributed by atoms with van der Waals surface area (Å²) in [7, 11) is 0. The van der Waals surface area contributed by atoms with Crippen molar-refractivity contribution in [1.82, 2.24) is 0 Å². The summed E-state index contributed by atoms with van der Waals surface area (Å²) in [5.74, 6) is -0.227. The predicted molar refractivity (Wildman–Crippen MR) is 64.5 cm³/mol. The molecule has 4 nitrogen and oxygen atoms in total. The standard InChI is InChI=1S/C13H12N2O2/c1-10-2-4-12(5-3-10)14-13(16)11-6-8-15(17)9-7-11/h2-9H,1H3,(H,14,16). The second-order valence-corrected chi connectivity index (χ2v) is 3.77. The van der Waals surface area contributed by atoms with Gasteiger partial charge < -0.3 is 10.5 Å². The van der Waals surface area contributed by atoms with Crippen molar-refractivity contribution in [2.75, 3.05) is 5.32 Å². The van der Waals surface area contributed by atoms with Crippen LogP contribution in [0.15, 0.2) is 48.8 Å². The van der Waals surface area contributed by atoms with E-state index in [2.05, 4.69) is 5.32 Å². The maximum Gasteiger partial charge on any atom is 0.256 e. The topological polar surface area (TPSA) is 56.0 Å². The van der Waals surface area contributed by atoms with E-state index in [0.29, 0.717) is 10.3 Å². The molecule has 1 N–H and O–H groups in total. The Morgan fingerprint density at radius 1 is 1.12 bits per heavy atom. The van der Waals surface area contributed by atoms with Gasteiger partial charge in [-0.3, -0.25) is 4.79 Å². The van der Waals surface area contributed by atoms with Gasteiger partial charge in [-0.05, 0) is 19.1 Å². The van der Waals surface area contributed by atoms with E-state index >= 15 is 0 Å². The Kier molecular flexibility index (Phi) is 3.05. The fraction of sp³-hybridized carbons (Fsp3) is 0.0769. The van der Waals surface area contributed by atoms with Crippen LogP contribution in [0.25, 0.3) is 0 Å². The van der Waals surface area contributed by atoms with E-state index < -0.39 is 0 Å². The number of carbonyl (C=O) groups is 1. The third kappa shape index (κ3) is 2.81. The van der Waals surface area contributed by atoms with Crippen molar-refractivity contribution in [2.45, 2.75) is 6.92 Å². The fourth-order valence-electron chi connectivity index (χ4n) is 1.40. The lowest BCUT2D eigenvalue weighted by atomic mass is 10.2. The van der Waals surface area contributed by atoms with Gasteiger partial charge in [0, 0.05) is 17.8 Å². The SMILES string of the molecule is Cc1ccc(NC(=O)c2cc[n+]([O-])cc2)cc1. The number of aryl methyl sites for hydroxylation is 1. The van der Waals surface area contributed by atoms with Gasteiger partial charge >= 0.3 is 0 Å². The number of hydrogen-bond donors (Lipinski definition) is 1. The van der Waals surface area contributed by atoms with Gasteiger partial charge in [-0.1, -0.05) is 17.7 Å². The molecule has 0 atom stereocenters. The van der Waals surface area contributed by atoms with Gasteiger partial charge in [-0.15, -0.1) is 0 Å². The number of hydrogen-bond acceptors (Lipinski definition) is 2. The van der Waals surface area contributed by atoms with Crippen molar-refractivity contribution in [3.05, 3.63) is 65.1 Å². The number of amides is 1. The molecule has 0 unspecified atom stereocenters. The zero-order chi connectivity index (χ0) is 12.3. The molecule has 0 bridgehead atoms. The molecule has 1 aromatic heterocycles. The third-order valence-corrected chi connectivity index (χ3v) is 2.37. The summed E-state index contributed by atoms with van der Waals surface area (Å²) < 4.78 is 0.642. The fourth-order valence-corrected chi connectivity index (χ4v) is 1.40. The molecule has 0 aliphatic rings. The van der Waals surface area contributed by atoms with Gasteiger partial charge in [0.15, 0.2) is 12.4 Å². The second kappa shape index (κ2) is 4.65. The van der Waals surface area contributed by atoms with Gasteiger partial charge in [0.2, 0.25) is 0 Å². The zero-order valence-electron chi connectivity index (χ0n) is 9.38. The smallest absolute Gasteiger partial charge is 0.256 e. The predicted octanol–water partition coefficient (Wildman–Crippen LogP) is 1.88. The van der Waals surface area contributed by atoms with Crippen LogP contribution in [0.3, 0.4) is 0 Å². The molecular weight excluding hydrogens is 216 g/mol. The Morgan fingerprint density at radius 3 is 2.29 bits per heavy atom. The summed E-state index contributed by atoms with van der Waals surface area (Å²) in [6, 6.07) is 10.5. The van der Waals surface area contributed by atoms with E-state index in [4.69, 9.17) is 0 Å². The average Bonchev–Trinajstić information content (AvgIpc) is 2.33. The Morgan fingerprint density at radius 2 is 1.71 bits per heavy atom. The first kappa shape index (κ1) is 11.1. The first-order valence-corrected chi connectivity index (χ1v) is 5.22. The number of nitrogens with zero attached hydrogens (tertiary/aromatic N) is 1. The molecule has 0 fully saturated rings. The minimum absolute atomic E-state index is 0.227. The lowest BCUT2D eigenvalue weighted by Gasteiger charge is -2.05. The highest BCUT2D eigenvalue weighted by atomic mass is 16.5. The van der Waals surface area contributed by atoms with E-state index in [1.54, 1.807) is 0 Å². The van der Waals surface area contributed by atoms with Crippen LogP contribution in [0.1, 0.15) is 15.9 Å². The minimum Gasteiger partial charge on any atom is -0.619 e. The molecule has 0 aliphatic heterocycles. The van der Waals surface area contributed by atoms with Crippen LogP contribution in [0.2, 0.25) is 0 Å². The van der Waals surface area contributed by atoms with Crippen LogP contribution in [0.5, 0.6) is 0 Å². The molecule has 0 saturated heterocycles. The molecule has 1 heterocycles. The summed E-state index contributed by atoms with van der Waals surface area (Å²) in [5.41, 5.74) is 2.33. The van der Waals surface area contributed by atoms with Crippen molar-refractivity contribution in [3.63, 3.8) is 0 Å². The quantitative estimate of drug-likeness (QED) is 0.630. The molecule has 4 heteroatoms. The van der Waals surface area contributed by atoms with E-state index in [-0.39, 0.29) is 5.91 Å². The van der Waals surface area contributed by atoms with Crippen LogP contribution >= 0.6 is 0 Å². The Hall–Kier alpha value is -2.36. The summed E-state index contributed by atoms with van der Waals surface area (Å²) in [4.78, 5) is 11.8. The van der Waals surface area contributed by atoms with Crippen molar-refractivity contribution in [2.24, 2.45) is 0 Å². The number of nitrogens with one attached hydrogen (secondary N) is 1. The summed E-state index contributed by atoms with van der Waals surface area (Å²) in [6.45, 7) is 1.98. The highest BCUT2D eigenvalue weighted by Crippen LogP contribution is 2.10. The molecule has 0 aliphatic carbocycles. The van der Waals surface area contributed by atoms with Gasteiger partial charge in [0.25, 0.3) is 5.91 Å². The number of anilines is 1. The maximum absolute atomic E-state index is 11.8. The van der Waals surface area contributed by atoms with E-state index in [0.717, 1.165) is 11.3 Å². The van der Waals surface area contributed by atoms with Crippen LogP contribution in [0.4, 0.5) is 5.69 Å². The van der Waals surface area contributed by atoms with Gasteiger partial charge in [0.05, 0.1) is 5.56 Å². The number of carbonyl (C=O) groups excluding carboxylic acids is 1. The van der Waals surface area contributed by atoms with E-state index in [9.17, 15) is 10.0 Å². The van der Waals surface area contributed by atoms with Crippen molar-refractivity contribution in [1.29, 1.82) is 0 Å². The number of benzene rings is 1. The first-order chi connectivity index (χ1) is 8.15. The van der Waals surface area contributed by atoms with Crippen LogP contribution < -0.4 is 10.0 Å². The molecule has 17 heavy (non-hydrogen) atoms. The number of pyridine rings is 1. The lowest BCUT2D eigenvalue weighted by molar-refractivity contribution is -0.605. The third-order valence-electron chi connectivity index (χ3n) is 2.37. The summed E-state index contributed by atoms with van der Waals surface area (Å²) >= 11 is 0. The molecule has 0 spiro atoms. The van der Waals surface area contributed by atoms with Crippen molar-refractivity contribution < 1.29 is 9.52 Å². The largest absolute Gasteiger partial charge is 0.619 e. The Balaban J connectivity index is 2.11. The second-order valence-electron chi connectivity index (χ2n) is 3.77. The molecule has 2 rings (SSSR count). The highest BCUT2D eigenvalue weighted by Gasteiger charge is 2.06. The van der Waals surface area contributed by atoms with E-state index in [1.807, 2.05) is 31.2 Å². The zero-order valence-corrected chi connectivity index (χ0v) is 9.38. The van der Waals surface area contributed by atoms with E-state index in [1.165, 1.54) is 24.5 Å². The molecule has 1 amide bonds. The Bertz CT molecular complexity index is 518. The van der Waals surface area contributed by atoms with Gasteiger partial charge in [-0.25, -0.2) is 0 Å². The lowest BCUT2D eigenvalue weighted by Crippen LogP contribution is -2.25. The minimum atomic E-state index is -0.227. The summed E-state index contributed by atoms with van der Waals surface area (Å²) in [5, 5.41) is 13.6. The average molecular weight is 228 g/mol. The normalized spacial score (nSPS) is 9.94. The monoisotopic (exact) mass is 228 g/mol. The van der Waals surface area contributed by atoms with Crippen molar-refractivity contribution in [3.8, 4) is 0 Å². The first-order valence-electron chi connectivity index (χ1n) is 5.22. The van der Waals surface area contributed by atoms with Crippen LogP contribution in [-0.4, -0.2) is 5.91 Å². The summed E-state index contributed by atoms with van der Waals surface area (Å²) in [6.07, 6.45) is 2.59. The molecule has 0 radical (unpaired) electrons. The number of aromatic nitrogens is 1. The highest BCUT2D eigenvalue weighted by molar-refractivity contribution is 6.04. The molecule has 0 saturated carbocycles.